The molecule has 2 bridgehead atoms. The van der Waals surface area contributed by atoms with E-state index in [9.17, 15) is 0 Å². The fourth-order valence-electron chi connectivity index (χ4n) is 4.03. The van der Waals surface area contributed by atoms with Crippen LogP contribution >= 0.6 is 0 Å². The second-order valence-corrected chi connectivity index (χ2v) is 6.15. The average Bonchev–Trinajstić information content (AvgIpc) is 2.77. The molecule has 86 valence electrons. The van der Waals surface area contributed by atoms with Crippen LogP contribution in [0.15, 0.2) is 0 Å². The molecular formula is C13H23NO. The first kappa shape index (κ1) is 10.1. The van der Waals surface area contributed by atoms with Crippen molar-refractivity contribution in [2.45, 2.75) is 57.2 Å². The lowest BCUT2D eigenvalue weighted by Crippen LogP contribution is -2.61. The molecule has 1 spiro atoms. The van der Waals surface area contributed by atoms with Gasteiger partial charge in [0.2, 0.25) is 0 Å². The minimum absolute atomic E-state index is 0.0860. The molecule has 2 aliphatic carbocycles. The summed E-state index contributed by atoms with van der Waals surface area (Å²) in [5.41, 5.74) is 0.300. The van der Waals surface area contributed by atoms with Crippen molar-refractivity contribution in [1.82, 2.24) is 5.32 Å². The van der Waals surface area contributed by atoms with Gasteiger partial charge in [-0.15, -0.1) is 0 Å². The van der Waals surface area contributed by atoms with E-state index >= 15 is 0 Å². The van der Waals surface area contributed by atoms with Gasteiger partial charge in [0.25, 0.3) is 0 Å². The van der Waals surface area contributed by atoms with Crippen molar-refractivity contribution in [3.63, 3.8) is 0 Å². The average molecular weight is 209 g/mol. The van der Waals surface area contributed by atoms with Crippen LogP contribution in [-0.2, 0) is 4.74 Å². The Labute approximate surface area is 92.8 Å². The van der Waals surface area contributed by atoms with E-state index in [1.54, 1.807) is 0 Å². The SMILES string of the molecule is CCC1(C)CNCC2(CC3CCC2C3)O1. The number of hydrogen-bond donors (Lipinski definition) is 1. The van der Waals surface area contributed by atoms with Gasteiger partial charge < -0.3 is 10.1 Å². The normalized spacial score (nSPS) is 54.0. The van der Waals surface area contributed by atoms with Crippen LogP contribution < -0.4 is 5.32 Å². The number of fused-ring (bicyclic) bond motifs is 3. The Morgan fingerprint density at radius 1 is 1.33 bits per heavy atom. The van der Waals surface area contributed by atoms with Crippen molar-refractivity contribution < 1.29 is 4.74 Å². The van der Waals surface area contributed by atoms with Crippen molar-refractivity contribution >= 4 is 0 Å². The highest BCUT2D eigenvalue weighted by Gasteiger charge is 2.55. The molecule has 0 aromatic heterocycles. The van der Waals surface area contributed by atoms with Gasteiger partial charge in [-0.05, 0) is 50.9 Å². The highest BCUT2D eigenvalue weighted by molar-refractivity contribution is 5.07. The smallest absolute Gasteiger partial charge is 0.0845 e. The van der Waals surface area contributed by atoms with E-state index in [4.69, 9.17) is 4.74 Å². The first-order chi connectivity index (χ1) is 7.16. The number of morpholine rings is 1. The molecule has 3 aliphatic rings. The number of hydrogen-bond acceptors (Lipinski definition) is 2. The lowest BCUT2D eigenvalue weighted by atomic mass is 9.81. The van der Waals surface area contributed by atoms with E-state index in [1.807, 2.05) is 0 Å². The second kappa shape index (κ2) is 3.21. The van der Waals surface area contributed by atoms with Gasteiger partial charge in [-0.25, -0.2) is 0 Å². The molecule has 2 saturated carbocycles. The van der Waals surface area contributed by atoms with Gasteiger partial charge in [-0.3, -0.25) is 0 Å². The summed E-state index contributed by atoms with van der Waals surface area (Å²) >= 11 is 0. The first-order valence-corrected chi connectivity index (χ1v) is 6.57. The van der Waals surface area contributed by atoms with Crippen LogP contribution in [0.3, 0.4) is 0 Å². The van der Waals surface area contributed by atoms with Crippen LogP contribution in [0.1, 0.15) is 46.0 Å². The third kappa shape index (κ3) is 1.45. The second-order valence-electron chi connectivity index (χ2n) is 6.15. The lowest BCUT2D eigenvalue weighted by Gasteiger charge is -2.49. The Balaban J connectivity index is 1.81. The minimum atomic E-state index is 0.0860. The summed E-state index contributed by atoms with van der Waals surface area (Å²) in [6, 6.07) is 0. The van der Waals surface area contributed by atoms with Gasteiger partial charge in [-0.1, -0.05) is 6.92 Å². The molecule has 1 saturated heterocycles. The maximum Gasteiger partial charge on any atom is 0.0845 e. The Morgan fingerprint density at radius 3 is 2.80 bits per heavy atom. The van der Waals surface area contributed by atoms with E-state index in [-0.39, 0.29) is 11.2 Å². The summed E-state index contributed by atoms with van der Waals surface area (Å²) in [6.45, 7) is 6.65. The number of rotatable bonds is 1. The molecule has 4 atom stereocenters. The Morgan fingerprint density at radius 2 is 2.20 bits per heavy atom. The van der Waals surface area contributed by atoms with Crippen molar-refractivity contribution in [1.29, 1.82) is 0 Å². The number of nitrogens with one attached hydrogen (secondary N) is 1. The van der Waals surface area contributed by atoms with Gasteiger partial charge >= 0.3 is 0 Å². The van der Waals surface area contributed by atoms with Crippen LogP contribution in [0.25, 0.3) is 0 Å². The molecular weight excluding hydrogens is 186 g/mol. The Bertz CT molecular complexity index is 267. The fraction of sp³-hybridized carbons (Fsp3) is 1.00. The molecule has 3 rings (SSSR count). The monoisotopic (exact) mass is 209 g/mol. The maximum atomic E-state index is 6.54. The van der Waals surface area contributed by atoms with Gasteiger partial charge in [-0.2, -0.15) is 0 Å². The predicted octanol–water partition coefficient (Wildman–Crippen LogP) is 2.33. The summed E-state index contributed by atoms with van der Waals surface area (Å²) in [5, 5.41) is 3.62. The molecule has 2 heteroatoms. The molecule has 15 heavy (non-hydrogen) atoms. The molecule has 1 N–H and O–H groups in total. The summed E-state index contributed by atoms with van der Waals surface area (Å²) in [6.07, 6.45) is 6.74. The summed E-state index contributed by atoms with van der Waals surface area (Å²) < 4.78 is 6.54. The molecule has 0 aromatic carbocycles. The third-order valence-electron chi connectivity index (χ3n) is 5.04. The number of ether oxygens (including phenoxy) is 1. The van der Waals surface area contributed by atoms with Gasteiger partial charge in [0.1, 0.15) is 0 Å². The lowest BCUT2D eigenvalue weighted by molar-refractivity contribution is -0.193. The van der Waals surface area contributed by atoms with Crippen molar-refractivity contribution in [2.24, 2.45) is 11.8 Å². The van der Waals surface area contributed by atoms with Crippen LogP contribution in [0.2, 0.25) is 0 Å². The molecule has 4 unspecified atom stereocenters. The maximum absolute atomic E-state index is 6.54. The van der Waals surface area contributed by atoms with E-state index in [0.717, 1.165) is 31.3 Å². The zero-order valence-electron chi connectivity index (χ0n) is 10.0. The predicted molar refractivity (Wildman–Crippen MR) is 60.8 cm³/mol. The fourth-order valence-corrected chi connectivity index (χ4v) is 4.03. The van der Waals surface area contributed by atoms with E-state index in [2.05, 4.69) is 19.2 Å². The highest BCUT2D eigenvalue weighted by atomic mass is 16.5. The van der Waals surface area contributed by atoms with Crippen LogP contribution in [0.4, 0.5) is 0 Å². The summed E-state index contributed by atoms with van der Waals surface area (Å²) in [4.78, 5) is 0. The zero-order chi connectivity index (χ0) is 10.5. The molecule has 0 aromatic rings. The molecule has 0 radical (unpaired) electrons. The Kier molecular flexibility index (Phi) is 2.16. The zero-order valence-corrected chi connectivity index (χ0v) is 10.0. The molecule has 1 heterocycles. The third-order valence-corrected chi connectivity index (χ3v) is 5.04. The van der Waals surface area contributed by atoms with E-state index in [0.29, 0.717) is 0 Å². The van der Waals surface area contributed by atoms with E-state index in [1.165, 1.54) is 25.7 Å². The van der Waals surface area contributed by atoms with Crippen LogP contribution in [0.5, 0.6) is 0 Å². The summed E-state index contributed by atoms with van der Waals surface area (Å²) in [5.74, 6) is 1.82. The summed E-state index contributed by atoms with van der Waals surface area (Å²) in [7, 11) is 0. The van der Waals surface area contributed by atoms with Crippen molar-refractivity contribution in [3.05, 3.63) is 0 Å². The highest BCUT2D eigenvalue weighted by Crippen LogP contribution is 2.54. The van der Waals surface area contributed by atoms with Gasteiger partial charge in [0, 0.05) is 13.1 Å². The van der Waals surface area contributed by atoms with E-state index < -0.39 is 0 Å². The molecule has 0 amide bonds. The van der Waals surface area contributed by atoms with Crippen molar-refractivity contribution in [2.75, 3.05) is 13.1 Å². The largest absolute Gasteiger partial charge is 0.366 e. The Hall–Kier alpha value is -0.0800. The van der Waals surface area contributed by atoms with Crippen LogP contribution in [-0.4, -0.2) is 24.3 Å². The quantitative estimate of drug-likeness (QED) is 0.715. The minimum Gasteiger partial charge on any atom is -0.366 e. The van der Waals surface area contributed by atoms with Gasteiger partial charge in [0.05, 0.1) is 11.2 Å². The van der Waals surface area contributed by atoms with Gasteiger partial charge in [0.15, 0.2) is 0 Å². The molecule has 3 fully saturated rings. The van der Waals surface area contributed by atoms with Crippen molar-refractivity contribution in [3.8, 4) is 0 Å². The van der Waals surface area contributed by atoms with Crippen LogP contribution in [0, 0.1) is 11.8 Å². The standard InChI is InChI=1S/C13H23NO/c1-3-12(2)8-14-9-13(15-12)7-10-4-5-11(13)6-10/h10-11,14H,3-9H2,1-2H3. The topological polar surface area (TPSA) is 21.3 Å². The first-order valence-electron chi connectivity index (χ1n) is 6.57. The molecule has 2 nitrogen and oxygen atoms in total. The molecule has 1 aliphatic heterocycles.